The predicted molar refractivity (Wildman–Crippen MR) is 142 cm³/mol. The van der Waals surface area contributed by atoms with E-state index >= 15 is 0 Å². The molecule has 3 nitrogen and oxygen atoms in total. The molecule has 9 atom stereocenters. The molecule has 9 unspecified atom stereocenters. The summed E-state index contributed by atoms with van der Waals surface area (Å²) in [4.78, 5) is 11.8. The van der Waals surface area contributed by atoms with Crippen molar-refractivity contribution in [1.29, 1.82) is 0 Å². The molecule has 3 heteroatoms. The largest absolute Gasteiger partial charge is 0.462 e. The molecule has 0 aromatic rings. The summed E-state index contributed by atoms with van der Waals surface area (Å²) in [5.41, 5.74) is 1.27. The zero-order valence-corrected chi connectivity index (χ0v) is 23.9. The Labute approximate surface area is 214 Å². The molecule has 5 aliphatic rings. The molecule has 2 spiro atoms. The zero-order valence-electron chi connectivity index (χ0n) is 23.9. The predicted octanol–water partition coefficient (Wildman–Crippen LogP) is 7.71. The van der Waals surface area contributed by atoms with Crippen molar-refractivity contribution in [1.82, 2.24) is 0 Å². The first kappa shape index (κ1) is 25.8. The number of hydrogen-bond acceptors (Lipinski definition) is 3. The molecule has 5 saturated carbocycles. The van der Waals surface area contributed by atoms with E-state index in [1.54, 1.807) is 6.92 Å². The van der Waals surface area contributed by atoms with Crippen molar-refractivity contribution in [3.05, 3.63) is 12.2 Å². The van der Waals surface area contributed by atoms with Crippen molar-refractivity contribution in [3.63, 3.8) is 0 Å². The maximum atomic E-state index is 11.8. The fourth-order valence-corrected chi connectivity index (χ4v) is 11.4. The van der Waals surface area contributed by atoms with Crippen molar-refractivity contribution in [2.75, 3.05) is 0 Å². The van der Waals surface area contributed by atoms with Crippen molar-refractivity contribution in [3.8, 4) is 0 Å². The summed E-state index contributed by atoms with van der Waals surface area (Å²) < 4.78 is 5.89. The van der Waals surface area contributed by atoms with E-state index in [0.29, 0.717) is 33.5 Å². The van der Waals surface area contributed by atoms with Crippen molar-refractivity contribution in [2.24, 2.45) is 50.7 Å². The standard InChI is InChI=1S/C32H52O3/c1-21(10-9-15-27(3,4)34)23-13-16-30(8)25-12-11-24-28(5,6)26(35-22(2)33)14-17-31(24)20-32(25,31)19-18-29(23,30)7/h9,15,21,23-26,34H,10-14,16-20H2,1-8H3/b15-9+. The first-order valence-electron chi connectivity index (χ1n) is 14.7. The van der Waals surface area contributed by atoms with Gasteiger partial charge in [-0.1, -0.05) is 46.8 Å². The van der Waals surface area contributed by atoms with Gasteiger partial charge in [-0.3, -0.25) is 4.79 Å². The number of esters is 1. The molecule has 5 fully saturated rings. The second-order valence-corrected chi connectivity index (χ2v) is 15.4. The van der Waals surface area contributed by atoms with Gasteiger partial charge in [0.05, 0.1) is 5.60 Å². The van der Waals surface area contributed by atoms with Crippen molar-refractivity contribution < 1.29 is 14.6 Å². The topological polar surface area (TPSA) is 46.5 Å². The molecule has 1 N–H and O–H groups in total. The molecule has 198 valence electrons. The normalized spacial score (nSPS) is 48.9. The minimum Gasteiger partial charge on any atom is -0.462 e. The first-order valence-corrected chi connectivity index (χ1v) is 14.7. The van der Waals surface area contributed by atoms with E-state index in [4.69, 9.17) is 4.74 Å². The van der Waals surface area contributed by atoms with Gasteiger partial charge in [-0.25, -0.2) is 0 Å². The van der Waals surface area contributed by atoms with Crippen LogP contribution in [0.25, 0.3) is 0 Å². The van der Waals surface area contributed by atoms with Crippen molar-refractivity contribution in [2.45, 2.75) is 131 Å². The Hall–Kier alpha value is -0.830. The van der Waals surface area contributed by atoms with E-state index in [0.717, 1.165) is 24.7 Å². The number of carbonyl (C=O) groups is 1. The highest BCUT2D eigenvalue weighted by atomic mass is 16.5. The maximum absolute atomic E-state index is 11.8. The van der Waals surface area contributed by atoms with E-state index in [2.05, 4.69) is 40.7 Å². The number of fused-ring (bicyclic) bond motifs is 2. The second kappa shape index (κ2) is 7.84. The molecular formula is C32H52O3. The van der Waals surface area contributed by atoms with Crippen LogP contribution in [0.5, 0.6) is 0 Å². The van der Waals surface area contributed by atoms with Crippen LogP contribution < -0.4 is 0 Å². The number of hydrogen-bond donors (Lipinski definition) is 1. The Morgan fingerprint density at radius 3 is 2.29 bits per heavy atom. The lowest BCUT2D eigenvalue weighted by molar-refractivity contribution is -0.181. The van der Waals surface area contributed by atoms with Gasteiger partial charge in [0.2, 0.25) is 0 Å². The van der Waals surface area contributed by atoms with Gasteiger partial charge < -0.3 is 9.84 Å². The van der Waals surface area contributed by atoms with E-state index in [1.807, 2.05) is 19.9 Å². The summed E-state index contributed by atoms with van der Waals surface area (Å²) in [5.74, 6) is 2.88. The number of ether oxygens (including phenoxy) is 1. The lowest BCUT2D eigenvalue weighted by Gasteiger charge is -2.63. The summed E-state index contributed by atoms with van der Waals surface area (Å²) in [6.45, 7) is 17.9. The molecule has 0 saturated heterocycles. The molecule has 0 aromatic carbocycles. The summed E-state index contributed by atoms with van der Waals surface area (Å²) in [5, 5.41) is 10.1. The van der Waals surface area contributed by atoms with Crippen LogP contribution in [0.3, 0.4) is 0 Å². The highest BCUT2D eigenvalue weighted by Gasteiger charge is 2.82. The van der Waals surface area contributed by atoms with E-state index < -0.39 is 5.60 Å². The van der Waals surface area contributed by atoms with Crippen LogP contribution in [0.15, 0.2) is 12.2 Å². The molecule has 0 heterocycles. The minimum atomic E-state index is -0.716. The smallest absolute Gasteiger partial charge is 0.302 e. The molecule has 0 aromatic heterocycles. The second-order valence-electron chi connectivity index (χ2n) is 15.4. The number of carbonyl (C=O) groups excluding carboxylic acids is 1. The van der Waals surface area contributed by atoms with Crippen LogP contribution in [-0.2, 0) is 9.53 Å². The Bertz CT molecular complexity index is 897. The zero-order chi connectivity index (χ0) is 25.7. The molecular weight excluding hydrogens is 432 g/mol. The Balaban J connectivity index is 1.38. The van der Waals surface area contributed by atoms with Crippen LogP contribution in [0.2, 0.25) is 0 Å². The molecule has 5 aliphatic carbocycles. The van der Waals surface area contributed by atoms with E-state index in [9.17, 15) is 9.90 Å². The highest BCUT2D eigenvalue weighted by Crippen LogP contribution is 2.89. The minimum absolute atomic E-state index is 0.0829. The van der Waals surface area contributed by atoms with Crippen LogP contribution in [0.4, 0.5) is 0 Å². The van der Waals surface area contributed by atoms with Crippen LogP contribution in [0.1, 0.15) is 120 Å². The fourth-order valence-electron chi connectivity index (χ4n) is 11.4. The lowest BCUT2D eigenvalue weighted by Crippen LogP contribution is -2.58. The van der Waals surface area contributed by atoms with E-state index in [-0.39, 0.29) is 17.5 Å². The van der Waals surface area contributed by atoms with Crippen molar-refractivity contribution >= 4 is 5.97 Å². The number of allylic oxidation sites excluding steroid dienone is 1. The van der Waals surface area contributed by atoms with Crippen LogP contribution in [-0.4, -0.2) is 22.8 Å². The molecule has 0 amide bonds. The summed E-state index contributed by atoms with van der Waals surface area (Å²) in [6, 6.07) is 0. The highest BCUT2D eigenvalue weighted by molar-refractivity contribution is 5.66. The molecule has 0 radical (unpaired) electrons. The van der Waals surface area contributed by atoms with Gasteiger partial charge in [0, 0.05) is 12.3 Å². The maximum Gasteiger partial charge on any atom is 0.302 e. The van der Waals surface area contributed by atoms with Gasteiger partial charge in [-0.15, -0.1) is 0 Å². The van der Waals surface area contributed by atoms with Gasteiger partial charge in [-0.2, -0.15) is 0 Å². The molecule has 0 bridgehead atoms. The summed E-state index contributed by atoms with van der Waals surface area (Å²) >= 11 is 0. The number of aliphatic hydroxyl groups is 1. The van der Waals surface area contributed by atoms with E-state index in [1.165, 1.54) is 51.4 Å². The Kier molecular flexibility index (Phi) is 5.78. The quantitative estimate of drug-likeness (QED) is 0.321. The molecule has 0 aliphatic heterocycles. The van der Waals surface area contributed by atoms with Gasteiger partial charge in [0.25, 0.3) is 0 Å². The molecule has 5 rings (SSSR count). The fraction of sp³-hybridized carbons (Fsp3) is 0.906. The number of rotatable bonds is 5. The van der Waals surface area contributed by atoms with Gasteiger partial charge in [0.1, 0.15) is 6.10 Å². The Morgan fingerprint density at radius 2 is 1.63 bits per heavy atom. The van der Waals surface area contributed by atoms with Gasteiger partial charge in [-0.05, 0) is 123 Å². The van der Waals surface area contributed by atoms with Crippen LogP contribution in [0, 0.1) is 50.7 Å². The average molecular weight is 485 g/mol. The third kappa shape index (κ3) is 3.48. The Morgan fingerprint density at radius 1 is 0.971 bits per heavy atom. The SMILES string of the molecule is CC(=O)OC1CCC23CC24CCC2(C)C(C(C)C/C=C/C(C)(C)O)CCC2(C)C4CCC3C1(C)C. The first-order chi connectivity index (χ1) is 16.1. The van der Waals surface area contributed by atoms with Gasteiger partial charge >= 0.3 is 5.97 Å². The molecule has 35 heavy (non-hydrogen) atoms. The summed E-state index contributed by atoms with van der Waals surface area (Å²) in [6.07, 6.45) is 17.4. The average Bonchev–Trinajstić information content (AvgIpc) is 3.31. The monoisotopic (exact) mass is 484 g/mol. The third-order valence-corrected chi connectivity index (χ3v) is 13.1. The summed E-state index contributed by atoms with van der Waals surface area (Å²) in [7, 11) is 0. The van der Waals surface area contributed by atoms with Crippen LogP contribution >= 0.6 is 0 Å². The lowest BCUT2D eigenvalue weighted by atomic mass is 9.41. The third-order valence-electron chi connectivity index (χ3n) is 13.1. The van der Waals surface area contributed by atoms with Gasteiger partial charge in [0.15, 0.2) is 0 Å².